The van der Waals surface area contributed by atoms with Crippen molar-refractivity contribution in [2.75, 3.05) is 10.6 Å². The molecule has 0 bridgehead atoms. The highest BCUT2D eigenvalue weighted by molar-refractivity contribution is 7.18. The van der Waals surface area contributed by atoms with Crippen LogP contribution in [0.3, 0.4) is 0 Å². The Kier molecular flexibility index (Phi) is 4.14. The Labute approximate surface area is 151 Å². The summed E-state index contributed by atoms with van der Waals surface area (Å²) >= 11 is 2.67. The maximum Gasteiger partial charge on any atom is 0.291 e. The average Bonchev–Trinajstić information content (AvgIpc) is 3.00. The molecule has 1 aliphatic carbocycles. The van der Waals surface area contributed by atoms with Gasteiger partial charge in [-0.2, -0.15) is 0 Å². The van der Waals surface area contributed by atoms with E-state index in [-0.39, 0.29) is 17.6 Å². The molecule has 0 spiro atoms. The number of hydrogen-bond donors (Lipinski definition) is 2. The molecule has 0 saturated heterocycles. The second kappa shape index (κ2) is 6.45. The third-order valence-corrected chi connectivity index (χ3v) is 5.77. The number of aryl methyl sites for hydroxylation is 1. The molecule has 2 N–H and O–H groups in total. The van der Waals surface area contributed by atoms with Crippen LogP contribution in [0.4, 0.5) is 10.1 Å². The molecule has 2 amide bonds. The lowest BCUT2D eigenvalue weighted by atomic mass is 10.3. The van der Waals surface area contributed by atoms with Gasteiger partial charge in [0.1, 0.15) is 0 Å². The Hall–Kier alpha value is -2.45. The number of nitrogens with one attached hydrogen (secondary N) is 2. The number of carbonyl (C=O) groups excluding carboxylic acids is 2. The zero-order chi connectivity index (χ0) is 17.4. The van der Waals surface area contributed by atoms with Gasteiger partial charge in [0.15, 0.2) is 10.9 Å². The predicted octanol–water partition coefficient (Wildman–Crippen LogP) is 4.49. The number of rotatable bonds is 5. The van der Waals surface area contributed by atoms with Gasteiger partial charge >= 0.3 is 0 Å². The van der Waals surface area contributed by atoms with Gasteiger partial charge in [-0.1, -0.05) is 0 Å². The van der Waals surface area contributed by atoms with E-state index in [9.17, 15) is 9.59 Å². The van der Waals surface area contributed by atoms with Crippen LogP contribution < -0.4 is 10.6 Å². The van der Waals surface area contributed by atoms with Gasteiger partial charge in [0, 0.05) is 11.3 Å². The van der Waals surface area contributed by atoms with Crippen molar-refractivity contribution in [2.24, 2.45) is 0 Å². The topological polar surface area (TPSA) is 84.2 Å². The van der Waals surface area contributed by atoms with Crippen molar-refractivity contribution in [1.29, 1.82) is 0 Å². The van der Waals surface area contributed by atoms with Crippen LogP contribution in [0.5, 0.6) is 0 Å². The van der Waals surface area contributed by atoms with Crippen LogP contribution in [-0.4, -0.2) is 16.8 Å². The number of amides is 2. The molecule has 8 heteroatoms. The first-order valence-electron chi connectivity index (χ1n) is 7.82. The number of hydrogen-bond acceptors (Lipinski definition) is 6. The minimum Gasteiger partial charge on any atom is -0.459 e. The lowest BCUT2D eigenvalue weighted by molar-refractivity contribution is 0.0995. The summed E-state index contributed by atoms with van der Waals surface area (Å²) in [5, 5.41) is 8.80. The van der Waals surface area contributed by atoms with E-state index in [2.05, 4.69) is 15.6 Å². The molecule has 4 rings (SSSR count). The van der Waals surface area contributed by atoms with Crippen LogP contribution in [0.25, 0.3) is 0 Å². The number of anilines is 2. The second-order valence-electron chi connectivity index (χ2n) is 5.86. The van der Waals surface area contributed by atoms with Crippen LogP contribution in [0.2, 0.25) is 0 Å². The van der Waals surface area contributed by atoms with Crippen molar-refractivity contribution >= 4 is 44.6 Å². The van der Waals surface area contributed by atoms with E-state index in [0.29, 0.717) is 20.9 Å². The molecule has 6 nitrogen and oxygen atoms in total. The van der Waals surface area contributed by atoms with Gasteiger partial charge in [-0.25, -0.2) is 4.98 Å². The van der Waals surface area contributed by atoms with Crippen LogP contribution in [-0.2, 0) is 0 Å². The molecule has 0 aromatic carbocycles. The van der Waals surface area contributed by atoms with Crippen LogP contribution in [0, 0.1) is 6.92 Å². The largest absolute Gasteiger partial charge is 0.459 e. The summed E-state index contributed by atoms with van der Waals surface area (Å²) in [6, 6.07) is 5.01. The van der Waals surface area contributed by atoms with Gasteiger partial charge in [0.05, 0.1) is 21.8 Å². The summed E-state index contributed by atoms with van der Waals surface area (Å²) in [5.41, 5.74) is 1.87. The molecule has 1 saturated carbocycles. The summed E-state index contributed by atoms with van der Waals surface area (Å²) in [4.78, 5) is 29.5. The SMILES string of the molecule is Cc1cc(NC(=O)c2ccco2)sc1C(=O)Nc1nc(C2CC2)cs1. The fraction of sp³-hybridized carbons (Fsp3) is 0.235. The second-order valence-corrected chi connectivity index (χ2v) is 7.77. The summed E-state index contributed by atoms with van der Waals surface area (Å²) < 4.78 is 5.06. The third kappa shape index (κ3) is 3.49. The molecular weight excluding hydrogens is 358 g/mol. The van der Waals surface area contributed by atoms with Crippen LogP contribution in [0.1, 0.15) is 50.2 Å². The van der Waals surface area contributed by atoms with Crippen molar-refractivity contribution < 1.29 is 14.0 Å². The first kappa shape index (κ1) is 16.0. The van der Waals surface area contributed by atoms with Crippen molar-refractivity contribution in [3.63, 3.8) is 0 Å². The Morgan fingerprint density at radius 1 is 1.28 bits per heavy atom. The molecular formula is C17H15N3O3S2. The van der Waals surface area contributed by atoms with Crippen LogP contribution >= 0.6 is 22.7 Å². The van der Waals surface area contributed by atoms with E-state index in [4.69, 9.17) is 4.42 Å². The quantitative estimate of drug-likeness (QED) is 0.690. The van der Waals surface area contributed by atoms with E-state index >= 15 is 0 Å². The Morgan fingerprint density at radius 2 is 2.12 bits per heavy atom. The van der Waals surface area contributed by atoms with Gasteiger partial charge in [0.25, 0.3) is 11.8 Å². The highest BCUT2D eigenvalue weighted by atomic mass is 32.1. The minimum atomic E-state index is -0.341. The molecule has 25 heavy (non-hydrogen) atoms. The highest BCUT2D eigenvalue weighted by Gasteiger charge is 2.26. The Morgan fingerprint density at radius 3 is 2.84 bits per heavy atom. The number of thiazole rings is 1. The molecule has 0 atom stereocenters. The Balaban J connectivity index is 1.45. The molecule has 3 aromatic heterocycles. The fourth-order valence-corrected chi connectivity index (χ4v) is 4.16. The minimum absolute atomic E-state index is 0.210. The molecule has 1 fully saturated rings. The first-order chi connectivity index (χ1) is 12.1. The van der Waals surface area contributed by atoms with E-state index in [1.54, 1.807) is 18.2 Å². The zero-order valence-electron chi connectivity index (χ0n) is 13.4. The number of thiophene rings is 1. The molecule has 0 radical (unpaired) electrons. The van der Waals surface area contributed by atoms with E-state index in [1.807, 2.05) is 12.3 Å². The van der Waals surface area contributed by atoms with E-state index in [1.165, 1.54) is 41.8 Å². The predicted molar refractivity (Wildman–Crippen MR) is 97.8 cm³/mol. The number of nitrogens with zero attached hydrogens (tertiary/aromatic N) is 1. The van der Waals surface area contributed by atoms with Gasteiger partial charge in [-0.15, -0.1) is 22.7 Å². The average molecular weight is 373 g/mol. The summed E-state index contributed by atoms with van der Waals surface area (Å²) in [7, 11) is 0. The monoisotopic (exact) mass is 373 g/mol. The third-order valence-electron chi connectivity index (χ3n) is 3.84. The summed E-state index contributed by atoms with van der Waals surface area (Å²) in [5.74, 6) is 0.242. The number of furan rings is 1. The number of aromatic nitrogens is 1. The molecule has 3 heterocycles. The molecule has 0 unspecified atom stereocenters. The normalized spacial score (nSPS) is 13.6. The standard InChI is InChI=1S/C17H15N3O3S2/c1-9-7-13(19-15(21)12-3-2-6-23-12)25-14(9)16(22)20-17-18-11(8-24-17)10-4-5-10/h2-3,6-8,10H,4-5H2,1H3,(H,19,21)(H,18,20,22). The molecule has 0 aliphatic heterocycles. The summed E-state index contributed by atoms with van der Waals surface area (Å²) in [6.45, 7) is 1.84. The fourth-order valence-electron chi connectivity index (χ4n) is 2.41. The van der Waals surface area contributed by atoms with Crippen molar-refractivity contribution in [1.82, 2.24) is 4.98 Å². The summed E-state index contributed by atoms with van der Waals surface area (Å²) in [6.07, 6.45) is 3.80. The molecule has 128 valence electrons. The maximum atomic E-state index is 12.5. The van der Waals surface area contributed by atoms with Crippen molar-refractivity contribution in [2.45, 2.75) is 25.7 Å². The van der Waals surface area contributed by atoms with Gasteiger partial charge < -0.3 is 9.73 Å². The van der Waals surface area contributed by atoms with Gasteiger partial charge in [-0.05, 0) is 43.5 Å². The zero-order valence-corrected chi connectivity index (χ0v) is 15.0. The van der Waals surface area contributed by atoms with E-state index in [0.717, 1.165) is 11.3 Å². The lowest BCUT2D eigenvalue weighted by Crippen LogP contribution is -2.11. The Bertz CT molecular complexity index is 923. The van der Waals surface area contributed by atoms with Gasteiger partial charge in [0.2, 0.25) is 0 Å². The lowest BCUT2D eigenvalue weighted by Gasteiger charge is -2.00. The molecule has 3 aromatic rings. The van der Waals surface area contributed by atoms with Crippen LogP contribution in [0.15, 0.2) is 34.3 Å². The highest BCUT2D eigenvalue weighted by Crippen LogP contribution is 2.41. The van der Waals surface area contributed by atoms with Crippen molar-refractivity contribution in [3.8, 4) is 0 Å². The smallest absolute Gasteiger partial charge is 0.291 e. The number of carbonyl (C=O) groups is 2. The van der Waals surface area contributed by atoms with Crippen molar-refractivity contribution in [3.05, 3.63) is 51.7 Å². The van der Waals surface area contributed by atoms with Gasteiger partial charge in [-0.3, -0.25) is 14.9 Å². The molecule has 1 aliphatic rings. The first-order valence-corrected chi connectivity index (χ1v) is 9.52. The maximum absolute atomic E-state index is 12.5. The van der Waals surface area contributed by atoms with E-state index < -0.39 is 0 Å².